The molecule has 3 rings (SSSR count). The number of hydrogen-bond donors (Lipinski definition) is 0. The van der Waals surface area contributed by atoms with Crippen molar-refractivity contribution in [2.45, 2.75) is 63.8 Å². The van der Waals surface area contributed by atoms with Gasteiger partial charge < -0.3 is 14.4 Å². The van der Waals surface area contributed by atoms with Gasteiger partial charge in [-0.3, -0.25) is 9.69 Å². The molecular formula is C16H28N2O3. The number of likely N-dealkylation sites (tertiary alicyclic amines) is 1. The molecule has 0 aromatic carbocycles. The maximum Gasteiger partial charge on any atom is 0.240 e. The smallest absolute Gasteiger partial charge is 0.240 e. The molecule has 0 aromatic rings. The van der Waals surface area contributed by atoms with Gasteiger partial charge in [0.1, 0.15) is 0 Å². The Kier molecular flexibility index (Phi) is 4.82. The number of nitrogens with zero attached hydrogens (tertiary/aromatic N) is 2. The van der Waals surface area contributed by atoms with Crippen LogP contribution in [0.25, 0.3) is 0 Å². The van der Waals surface area contributed by atoms with E-state index in [1.54, 1.807) is 0 Å². The summed E-state index contributed by atoms with van der Waals surface area (Å²) in [4.78, 5) is 17.4. The zero-order chi connectivity index (χ0) is 14.8. The highest BCUT2D eigenvalue weighted by Crippen LogP contribution is 2.27. The average Bonchev–Trinajstić information content (AvgIpc) is 2.95. The van der Waals surface area contributed by atoms with Crippen molar-refractivity contribution in [3.63, 3.8) is 0 Å². The van der Waals surface area contributed by atoms with E-state index >= 15 is 0 Å². The minimum Gasteiger partial charge on any atom is -0.381 e. The summed E-state index contributed by atoms with van der Waals surface area (Å²) in [6.45, 7) is 8.34. The average molecular weight is 296 g/mol. The topological polar surface area (TPSA) is 42.0 Å². The summed E-state index contributed by atoms with van der Waals surface area (Å²) in [6, 6.07) is 0.622. The lowest BCUT2D eigenvalue weighted by molar-refractivity contribution is -0.149. The quantitative estimate of drug-likeness (QED) is 0.769. The zero-order valence-corrected chi connectivity index (χ0v) is 13.3. The van der Waals surface area contributed by atoms with Crippen LogP contribution in [0, 0.1) is 0 Å². The standard InChI is InChI=1S/C16H28N2O3/c1-12-10-17(11-13(2)21-12)16(19)15-4-3-7-18(15)14-5-8-20-9-6-14/h12-15H,3-11H2,1-2H3/t12-,13+,15?. The molecular weight excluding hydrogens is 268 g/mol. The number of amides is 1. The molecule has 21 heavy (non-hydrogen) atoms. The highest BCUT2D eigenvalue weighted by Gasteiger charge is 2.39. The molecule has 3 saturated heterocycles. The first-order valence-electron chi connectivity index (χ1n) is 8.43. The van der Waals surface area contributed by atoms with Gasteiger partial charge in [-0.1, -0.05) is 0 Å². The van der Waals surface area contributed by atoms with Crippen LogP contribution in [0.1, 0.15) is 39.5 Å². The van der Waals surface area contributed by atoms with Crippen LogP contribution in [0.4, 0.5) is 0 Å². The molecule has 0 radical (unpaired) electrons. The summed E-state index contributed by atoms with van der Waals surface area (Å²) in [5.74, 6) is 0.320. The van der Waals surface area contributed by atoms with Crippen LogP contribution in [-0.4, -0.2) is 72.8 Å². The Morgan fingerprint density at radius 3 is 2.38 bits per heavy atom. The van der Waals surface area contributed by atoms with Crippen LogP contribution < -0.4 is 0 Å². The highest BCUT2D eigenvalue weighted by molar-refractivity contribution is 5.82. The molecule has 120 valence electrons. The van der Waals surface area contributed by atoms with Gasteiger partial charge in [0.25, 0.3) is 0 Å². The van der Waals surface area contributed by atoms with E-state index in [1.165, 1.54) is 0 Å². The third kappa shape index (κ3) is 3.41. The Balaban J connectivity index is 1.65. The fraction of sp³-hybridized carbons (Fsp3) is 0.938. The summed E-state index contributed by atoms with van der Waals surface area (Å²) in [6.07, 6.45) is 4.59. The van der Waals surface area contributed by atoms with Gasteiger partial charge in [-0.2, -0.15) is 0 Å². The van der Waals surface area contributed by atoms with Crippen LogP contribution in [0.3, 0.4) is 0 Å². The maximum absolute atomic E-state index is 12.9. The lowest BCUT2D eigenvalue weighted by atomic mass is 10.0. The molecule has 3 aliphatic heterocycles. The van der Waals surface area contributed by atoms with Crippen LogP contribution in [0.15, 0.2) is 0 Å². The van der Waals surface area contributed by atoms with Gasteiger partial charge in [-0.25, -0.2) is 0 Å². The second-order valence-corrected chi connectivity index (χ2v) is 6.74. The van der Waals surface area contributed by atoms with Crippen LogP contribution >= 0.6 is 0 Å². The van der Waals surface area contributed by atoms with Crippen LogP contribution in [0.5, 0.6) is 0 Å². The van der Waals surface area contributed by atoms with Crippen LogP contribution in [0.2, 0.25) is 0 Å². The fourth-order valence-electron chi connectivity index (χ4n) is 4.08. The van der Waals surface area contributed by atoms with Gasteiger partial charge in [0.15, 0.2) is 0 Å². The van der Waals surface area contributed by atoms with Gasteiger partial charge in [-0.05, 0) is 46.1 Å². The van der Waals surface area contributed by atoms with Gasteiger partial charge in [0.2, 0.25) is 5.91 Å². The van der Waals surface area contributed by atoms with Crippen molar-refractivity contribution >= 4 is 5.91 Å². The molecule has 0 saturated carbocycles. The molecule has 3 heterocycles. The van der Waals surface area contributed by atoms with Gasteiger partial charge in [0.05, 0.1) is 18.2 Å². The Bertz CT molecular complexity index is 361. The third-order valence-electron chi connectivity index (χ3n) is 4.97. The van der Waals surface area contributed by atoms with Crippen molar-refractivity contribution < 1.29 is 14.3 Å². The largest absolute Gasteiger partial charge is 0.381 e. The van der Waals surface area contributed by atoms with E-state index in [1.807, 2.05) is 4.90 Å². The minimum absolute atomic E-state index is 0.0885. The van der Waals surface area contributed by atoms with E-state index in [0.717, 1.165) is 58.5 Å². The van der Waals surface area contributed by atoms with Gasteiger partial charge in [-0.15, -0.1) is 0 Å². The summed E-state index contributed by atoms with van der Waals surface area (Å²) >= 11 is 0. The van der Waals surface area contributed by atoms with Gasteiger partial charge in [0, 0.05) is 32.3 Å². The molecule has 3 fully saturated rings. The second kappa shape index (κ2) is 6.63. The lowest BCUT2D eigenvalue weighted by Crippen LogP contribution is -2.55. The number of carbonyl (C=O) groups is 1. The summed E-state index contributed by atoms with van der Waals surface area (Å²) in [5.41, 5.74) is 0. The molecule has 0 N–H and O–H groups in total. The van der Waals surface area contributed by atoms with E-state index in [9.17, 15) is 4.79 Å². The summed E-state index contributed by atoms with van der Waals surface area (Å²) < 4.78 is 11.2. The fourth-order valence-corrected chi connectivity index (χ4v) is 4.08. The number of hydrogen-bond acceptors (Lipinski definition) is 4. The number of ether oxygens (including phenoxy) is 2. The Morgan fingerprint density at radius 2 is 1.71 bits per heavy atom. The van der Waals surface area contributed by atoms with Crippen molar-refractivity contribution in [3.05, 3.63) is 0 Å². The molecule has 3 aliphatic rings. The van der Waals surface area contributed by atoms with E-state index in [2.05, 4.69) is 18.7 Å². The minimum atomic E-state index is 0.0885. The van der Waals surface area contributed by atoms with E-state index < -0.39 is 0 Å². The highest BCUT2D eigenvalue weighted by atomic mass is 16.5. The first kappa shape index (κ1) is 15.3. The lowest BCUT2D eigenvalue weighted by Gasteiger charge is -2.40. The van der Waals surface area contributed by atoms with Crippen molar-refractivity contribution in [1.82, 2.24) is 9.80 Å². The molecule has 1 unspecified atom stereocenters. The van der Waals surface area contributed by atoms with Crippen LogP contribution in [-0.2, 0) is 14.3 Å². The SMILES string of the molecule is C[C@@H]1CN(C(=O)C2CCCN2C2CCOCC2)C[C@H](C)O1. The molecule has 5 nitrogen and oxygen atoms in total. The van der Waals surface area contributed by atoms with Crippen molar-refractivity contribution in [1.29, 1.82) is 0 Å². The zero-order valence-electron chi connectivity index (χ0n) is 13.3. The normalized spacial score (nSPS) is 36.1. The van der Waals surface area contributed by atoms with E-state index in [0.29, 0.717) is 11.9 Å². The molecule has 5 heteroatoms. The van der Waals surface area contributed by atoms with E-state index in [4.69, 9.17) is 9.47 Å². The Labute approximate surface area is 127 Å². The van der Waals surface area contributed by atoms with Crippen molar-refractivity contribution in [2.24, 2.45) is 0 Å². The molecule has 0 aliphatic carbocycles. The maximum atomic E-state index is 12.9. The Morgan fingerprint density at radius 1 is 1.05 bits per heavy atom. The number of morpholine rings is 1. The summed E-state index contributed by atoms with van der Waals surface area (Å²) in [7, 11) is 0. The monoisotopic (exact) mass is 296 g/mol. The van der Waals surface area contributed by atoms with Crippen molar-refractivity contribution in [2.75, 3.05) is 32.8 Å². The molecule has 0 bridgehead atoms. The third-order valence-corrected chi connectivity index (χ3v) is 4.97. The molecule has 0 aromatic heterocycles. The van der Waals surface area contributed by atoms with Crippen molar-refractivity contribution in [3.8, 4) is 0 Å². The molecule has 3 atom stereocenters. The second-order valence-electron chi connectivity index (χ2n) is 6.74. The predicted octanol–water partition coefficient (Wildman–Crippen LogP) is 1.27. The van der Waals surface area contributed by atoms with Gasteiger partial charge >= 0.3 is 0 Å². The predicted molar refractivity (Wildman–Crippen MR) is 80.2 cm³/mol. The molecule has 1 amide bonds. The Hall–Kier alpha value is -0.650. The number of rotatable bonds is 2. The first-order chi connectivity index (χ1) is 10.1. The summed E-state index contributed by atoms with van der Waals surface area (Å²) in [5, 5.41) is 0. The number of carbonyl (C=O) groups excluding carboxylic acids is 1. The molecule has 0 spiro atoms. The van der Waals surface area contributed by atoms with E-state index in [-0.39, 0.29) is 18.2 Å². The first-order valence-corrected chi connectivity index (χ1v) is 8.43.